The highest BCUT2D eigenvalue weighted by Crippen LogP contribution is 2.19. The summed E-state index contributed by atoms with van der Waals surface area (Å²) in [6.07, 6.45) is 3.67. The lowest BCUT2D eigenvalue weighted by Crippen LogP contribution is -1.96. The minimum absolute atomic E-state index is 0. The molecule has 17 heavy (non-hydrogen) atoms. The molecule has 0 saturated carbocycles. The van der Waals surface area contributed by atoms with Gasteiger partial charge in [-0.1, -0.05) is 29.8 Å². The molecular weight excluding hydrogens is 255 g/mol. The number of aromatic nitrogens is 1. The van der Waals surface area contributed by atoms with Crippen LogP contribution in [-0.4, -0.2) is 4.98 Å². The fraction of sp³-hybridized carbons (Fsp3) is 0.154. The third-order valence-electron chi connectivity index (χ3n) is 2.42. The van der Waals surface area contributed by atoms with Gasteiger partial charge in [-0.25, -0.2) is 0 Å². The molecule has 4 heteroatoms. The Morgan fingerprint density at radius 1 is 1.00 bits per heavy atom. The van der Waals surface area contributed by atoms with E-state index in [4.69, 9.17) is 5.73 Å². The number of pyridine rings is 1. The Morgan fingerprint density at radius 3 is 2.24 bits per heavy atom. The molecule has 2 nitrogen and oxygen atoms in total. The van der Waals surface area contributed by atoms with Crippen LogP contribution in [0.2, 0.25) is 0 Å². The van der Waals surface area contributed by atoms with Crippen molar-refractivity contribution in [2.24, 2.45) is 5.73 Å². The van der Waals surface area contributed by atoms with Gasteiger partial charge in [0.05, 0.1) is 0 Å². The maximum Gasteiger partial charge on any atom is 0.0346 e. The molecule has 0 aliphatic rings. The van der Waals surface area contributed by atoms with Crippen molar-refractivity contribution in [3.8, 4) is 11.1 Å². The van der Waals surface area contributed by atoms with E-state index in [1.54, 1.807) is 6.20 Å². The summed E-state index contributed by atoms with van der Waals surface area (Å²) >= 11 is 0. The van der Waals surface area contributed by atoms with Gasteiger partial charge in [0, 0.05) is 24.5 Å². The lowest BCUT2D eigenvalue weighted by Gasteiger charge is -2.03. The van der Waals surface area contributed by atoms with Crippen molar-refractivity contribution in [2.45, 2.75) is 13.5 Å². The van der Waals surface area contributed by atoms with Crippen molar-refractivity contribution in [3.63, 3.8) is 0 Å². The van der Waals surface area contributed by atoms with Crippen LogP contribution in [0.5, 0.6) is 0 Å². The first kappa shape index (κ1) is 15.9. The van der Waals surface area contributed by atoms with E-state index in [2.05, 4.69) is 42.2 Å². The molecule has 0 fully saturated rings. The molecule has 0 atom stereocenters. The van der Waals surface area contributed by atoms with Crippen LogP contribution in [0.15, 0.2) is 42.7 Å². The number of nitrogens with two attached hydrogens (primary N) is 1. The van der Waals surface area contributed by atoms with Gasteiger partial charge in [0.25, 0.3) is 0 Å². The van der Waals surface area contributed by atoms with E-state index in [1.807, 2.05) is 6.20 Å². The van der Waals surface area contributed by atoms with Crippen LogP contribution in [-0.2, 0) is 6.54 Å². The van der Waals surface area contributed by atoms with Crippen molar-refractivity contribution >= 4 is 24.8 Å². The molecule has 1 aromatic heterocycles. The molecule has 92 valence electrons. The Morgan fingerprint density at radius 2 is 1.65 bits per heavy atom. The standard InChI is InChI=1S/C13H14N2.2ClH/c1-10-2-4-12(5-3-10)13-6-11(7-14)8-15-9-13;;/h2-6,8-9H,7,14H2,1H3;2*1H. The molecule has 2 aromatic rings. The van der Waals surface area contributed by atoms with Crippen molar-refractivity contribution in [3.05, 3.63) is 53.9 Å². The zero-order valence-corrected chi connectivity index (χ0v) is 11.2. The van der Waals surface area contributed by atoms with Crippen molar-refractivity contribution in [1.29, 1.82) is 0 Å². The number of hydrogen-bond donors (Lipinski definition) is 1. The summed E-state index contributed by atoms with van der Waals surface area (Å²) in [5.74, 6) is 0. The van der Waals surface area contributed by atoms with E-state index in [9.17, 15) is 0 Å². The van der Waals surface area contributed by atoms with E-state index in [-0.39, 0.29) is 24.8 Å². The first-order valence-electron chi connectivity index (χ1n) is 5.00. The lowest BCUT2D eigenvalue weighted by atomic mass is 10.0. The predicted molar refractivity (Wildman–Crippen MR) is 76.8 cm³/mol. The first-order valence-corrected chi connectivity index (χ1v) is 5.00. The Kier molecular flexibility index (Phi) is 6.81. The Labute approximate surface area is 114 Å². The molecule has 0 saturated heterocycles. The maximum atomic E-state index is 5.58. The van der Waals surface area contributed by atoms with Crippen LogP contribution < -0.4 is 5.73 Å². The predicted octanol–water partition coefficient (Wildman–Crippen LogP) is 3.36. The molecule has 0 aliphatic carbocycles. The summed E-state index contributed by atoms with van der Waals surface area (Å²) in [6, 6.07) is 10.5. The van der Waals surface area contributed by atoms with Gasteiger partial charge in [-0.15, -0.1) is 24.8 Å². The molecule has 2 N–H and O–H groups in total. The Hall–Kier alpha value is -1.09. The second-order valence-corrected chi connectivity index (χ2v) is 3.65. The van der Waals surface area contributed by atoms with Crippen LogP contribution in [0.4, 0.5) is 0 Å². The van der Waals surface area contributed by atoms with Crippen molar-refractivity contribution in [1.82, 2.24) is 4.98 Å². The van der Waals surface area contributed by atoms with Gasteiger partial charge >= 0.3 is 0 Å². The highest BCUT2D eigenvalue weighted by Gasteiger charge is 1.98. The van der Waals surface area contributed by atoms with Crippen LogP contribution in [0.3, 0.4) is 0 Å². The van der Waals surface area contributed by atoms with Crippen molar-refractivity contribution < 1.29 is 0 Å². The third kappa shape index (κ3) is 4.00. The molecule has 0 bridgehead atoms. The number of aryl methyl sites for hydroxylation is 1. The van der Waals surface area contributed by atoms with Gasteiger partial charge in [0.1, 0.15) is 0 Å². The van der Waals surface area contributed by atoms with Gasteiger partial charge in [0.15, 0.2) is 0 Å². The maximum absolute atomic E-state index is 5.58. The molecule has 0 aliphatic heterocycles. The van der Waals surface area contributed by atoms with Crippen LogP contribution in [0.1, 0.15) is 11.1 Å². The first-order chi connectivity index (χ1) is 7.29. The van der Waals surface area contributed by atoms with Crippen LogP contribution >= 0.6 is 24.8 Å². The molecule has 0 radical (unpaired) electrons. The average Bonchev–Trinajstić information content (AvgIpc) is 2.30. The lowest BCUT2D eigenvalue weighted by molar-refractivity contribution is 1.05. The molecule has 2 rings (SSSR count). The molecule has 0 amide bonds. The highest BCUT2D eigenvalue weighted by atomic mass is 35.5. The number of hydrogen-bond acceptors (Lipinski definition) is 2. The minimum Gasteiger partial charge on any atom is -0.326 e. The van der Waals surface area contributed by atoms with Gasteiger partial charge in [0.2, 0.25) is 0 Å². The summed E-state index contributed by atoms with van der Waals surface area (Å²) in [5, 5.41) is 0. The second-order valence-electron chi connectivity index (χ2n) is 3.65. The number of halogens is 2. The second kappa shape index (κ2) is 7.28. The normalized spacial score (nSPS) is 9.06. The summed E-state index contributed by atoms with van der Waals surface area (Å²) in [6.45, 7) is 2.62. The average molecular weight is 271 g/mol. The molecule has 0 spiro atoms. The summed E-state index contributed by atoms with van der Waals surface area (Å²) in [7, 11) is 0. The van der Waals surface area contributed by atoms with Crippen LogP contribution in [0, 0.1) is 6.92 Å². The topological polar surface area (TPSA) is 38.9 Å². The quantitative estimate of drug-likeness (QED) is 0.909. The largest absolute Gasteiger partial charge is 0.326 e. The van der Waals surface area contributed by atoms with Gasteiger partial charge < -0.3 is 5.73 Å². The zero-order chi connectivity index (χ0) is 10.7. The minimum atomic E-state index is 0. The molecule has 1 aromatic carbocycles. The zero-order valence-electron chi connectivity index (χ0n) is 9.59. The van der Waals surface area contributed by atoms with E-state index < -0.39 is 0 Å². The number of benzene rings is 1. The van der Waals surface area contributed by atoms with Crippen LogP contribution in [0.25, 0.3) is 11.1 Å². The number of nitrogens with zero attached hydrogens (tertiary/aromatic N) is 1. The van der Waals surface area contributed by atoms with E-state index in [1.165, 1.54) is 11.1 Å². The summed E-state index contributed by atoms with van der Waals surface area (Å²) in [5.41, 5.74) is 10.2. The summed E-state index contributed by atoms with van der Waals surface area (Å²) < 4.78 is 0. The van der Waals surface area contributed by atoms with Gasteiger partial charge in [-0.2, -0.15) is 0 Å². The fourth-order valence-corrected chi connectivity index (χ4v) is 1.50. The summed E-state index contributed by atoms with van der Waals surface area (Å²) in [4.78, 5) is 4.17. The highest BCUT2D eigenvalue weighted by molar-refractivity contribution is 5.85. The number of rotatable bonds is 2. The van der Waals surface area contributed by atoms with Gasteiger partial charge in [-0.3, -0.25) is 4.98 Å². The third-order valence-corrected chi connectivity index (χ3v) is 2.42. The van der Waals surface area contributed by atoms with Crippen molar-refractivity contribution in [2.75, 3.05) is 0 Å². The monoisotopic (exact) mass is 270 g/mol. The molecular formula is C13H16Cl2N2. The van der Waals surface area contributed by atoms with Gasteiger partial charge in [-0.05, 0) is 24.1 Å². The Bertz CT molecular complexity index is 455. The fourth-order valence-electron chi connectivity index (χ4n) is 1.50. The van der Waals surface area contributed by atoms with E-state index in [0.29, 0.717) is 6.54 Å². The molecule has 1 heterocycles. The SMILES string of the molecule is Cc1ccc(-c2cncc(CN)c2)cc1.Cl.Cl. The molecule has 0 unspecified atom stereocenters. The smallest absolute Gasteiger partial charge is 0.0346 e. The van der Waals surface area contributed by atoms with E-state index >= 15 is 0 Å². The Balaban J connectivity index is 0.00000128. The van der Waals surface area contributed by atoms with E-state index in [0.717, 1.165) is 11.1 Å².